The number of hydrogen-bond donors (Lipinski definition) is 1. The number of carbonyl (C=O) groups is 2. The van der Waals surface area contributed by atoms with Crippen LogP contribution in [0.2, 0.25) is 0 Å². The maximum absolute atomic E-state index is 12.9. The maximum Gasteiger partial charge on any atom is 0.239 e. The van der Waals surface area contributed by atoms with Gasteiger partial charge in [-0.25, -0.2) is 0 Å². The number of rotatable bonds is 4. The smallest absolute Gasteiger partial charge is 0.239 e. The van der Waals surface area contributed by atoms with E-state index in [1.54, 1.807) is 4.90 Å². The Bertz CT molecular complexity index is 654. The van der Waals surface area contributed by atoms with Crippen LogP contribution < -0.4 is 10.6 Å². The summed E-state index contributed by atoms with van der Waals surface area (Å²) in [6, 6.07) is 8.21. The van der Waals surface area contributed by atoms with Gasteiger partial charge in [0.25, 0.3) is 0 Å². The summed E-state index contributed by atoms with van der Waals surface area (Å²) in [7, 11) is 0. The zero-order valence-electron chi connectivity index (χ0n) is 16.1. The number of piperidine rings is 1. The summed E-state index contributed by atoms with van der Waals surface area (Å²) in [6.07, 6.45) is 2.64. The molecule has 0 aromatic heterocycles. The summed E-state index contributed by atoms with van der Waals surface area (Å²) >= 11 is 0. The van der Waals surface area contributed by atoms with Gasteiger partial charge in [-0.05, 0) is 55.7 Å². The number of carbonyl (C=O) groups excluding carboxylic acids is 2. The van der Waals surface area contributed by atoms with E-state index < -0.39 is 5.92 Å². The molecule has 2 amide bonds. The van der Waals surface area contributed by atoms with Gasteiger partial charge < -0.3 is 15.5 Å². The Morgan fingerprint density at radius 3 is 2.42 bits per heavy atom. The zero-order valence-corrected chi connectivity index (χ0v) is 16.1. The molecule has 2 aliphatic rings. The van der Waals surface area contributed by atoms with E-state index in [0.717, 1.165) is 25.1 Å². The molecule has 0 saturated carbocycles. The molecule has 0 aliphatic carbocycles. The molecule has 1 aromatic carbocycles. The van der Waals surface area contributed by atoms with E-state index in [4.69, 9.17) is 5.73 Å². The summed E-state index contributed by atoms with van der Waals surface area (Å²) in [5.74, 6) is 0.192. The van der Waals surface area contributed by atoms with Crippen molar-refractivity contribution in [1.29, 1.82) is 0 Å². The molecule has 142 valence electrons. The SMILES string of the molecule is CC(C)c1ccc(N2CCC(C(=O)N3CCCC(C(C)N)C3)C2=O)cc1. The first-order valence-electron chi connectivity index (χ1n) is 9.84. The number of hydrogen-bond acceptors (Lipinski definition) is 3. The minimum atomic E-state index is -0.536. The van der Waals surface area contributed by atoms with Crippen molar-refractivity contribution < 1.29 is 9.59 Å². The lowest BCUT2D eigenvalue weighted by Crippen LogP contribution is -2.48. The minimum Gasteiger partial charge on any atom is -0.342 e. The van der Waals surface area contributed by atoms with Crippen molar-refractivity contribution in [2.45, 2.75) is 52.0 Å². The molecule has 2 saturated heterocycles. The summed E-state index contributed by atoms with van der Waals surface area (Å²) in [5, 5.41) is 0. The topological polar surface area (TPSA) is 66.6 Å². The van der Waals surface area contributed by atoms with Crippen LogP contribution in [-0.4, -0.2) is 42.4 Å². The summed E-state index contributed by atoms with van der Waals surface area (Å²) < 4.78 is 0. The number of amides is 2. The van der Waals surface area contributed by atoms with E-state index in [0.29, 0.717) is 31.3 Å². The van der Waals surface area contributed by atoms with Gasteiger partial charge in [0.15, 0.2) is 0 Å². The van der Waals surface area contributed by atoms with Crippen molar-refractivity contribution in [3.63, 3.8) is 0 Å². The Labute approximate surface area is 156 Å². The van der Waals surface area contributed by atoms with Crippen molar-refractivity contribution in [1.82, 2.24) is 4.90 Å². The van der Waals surface area contributed by atoms with Crippen LogP contribution >= 0.6 is 0 Å². The maximum atomic E-state index is 12.9. The largest absolute Gasteiger partial charge is 0.342 e. The molecule has 26 heavy (non-hydrogen) atoms. The molecule has 2 heterocycles. The van der Waals surface area contributed by atoms with Crippen LogP contribution in [0.5, 0.6) is 0 Å². The summed E-state index contributed by atoms with van der Waals surface area (Å²) in [4.78, 5) is 29.4. The van der Waals surface area contributed by atoms with Gasteiger partial charge in [0, 0.05) is 31.4 Å². The quantitative estimate of drug-likeness (QED) is 0.843. The number of nitrogens with zero attached hydrogens (tertiary/aromatic N) is 2. The van der Waals surface area contributed by atoms with Crippen LogP contribution in [-0.2, 0) is 9.59 Å². The third kappa shape index (κ3) is 3.78. The predicted octanol–water partition coefficient (Wildman–Crippen LogP) is 2.75. The standard InChI is InChI=1S/C21H31N3O2/c1-14(2)16-6-8-18(9-7-16)24-12-10-19(21(24)26)20(25)23-11-4-5-17(13-23)15(3)22/h6-9,14-15,17,19H,4-5,10-13,22H2,1-3H3. The Morgan fingerprint density at radius 1 is 1.12 bits per heavy atom. The van der Waals surface area contributed by atoms with E-state index in [1.807, 2.05) is 24.0 Å². The fourth-order valence-electron chi connectivity index (χ4n) is 4.06. The molecule has 3 unspecified atom stereocenters. The molecule has 3 rings (SSSR count). The van der Waals surface area contributed by atoms with Crippen molar-refractivity contribution in [3.05, 3.63) is 29.8 Å². The number of benzene rings is 1. The van der Waals surface area contributed by atoms with Gasteiger partial charge in [0.05, 0.1) is 0 Å². The second kappa shape index (κ2) is 7.78. The van der Waals surface area contributed by atoms with Gasteiger partial charge >= 0.3 is 0 Å². The van der Waals surface area contributed by atoms with Gasteiger partial charge in [-0.15, -0.1) is 0 Å². The fourth-order valence-corrected chi connectivity index (χ4v) is 4.06. The van der Waals surface area contributed by atoms with Gasteiger partial charge in [-0.1, -0.05) is 26.0 Å². The second-order valence-electron chi connectivity index (χ2n) is 8.12. The van der Waals surface area contributed by atoms with E-state index in [1.165, 1.54) is 5.56 Å². The van der Waals surface area contributed by atoms with Crippen molar-refractivity contribution in [3.8, 4) is 0 Å². The average molecular weight is 357 g/mol. The highest BCUT2D eigenvalue weighted by Gasteiger charge is 2.40. The van der Waals surface area contributed by atoms with E-state index in [9.17, 15) is 9.59 Å². The third-order valence-corrected chi connectivity index (χ3v) is 5.89. The summed E-state index contributed by atoms with van der Waals surface area (Å²) in [5.41, 5.74) is 8.17. The van der Waals surface area contributed by atoms with Gasteiger partial charge in [0.2, 0.25) is 11.8 Å². The highest BCUT2D eigenvalue weighted by Crippen LogP contribution is 2.29. The van der Waals surface area contributed by atoms with Crippen LogP contribution in [0.4, 0.5) is 5.69 Å². The first-order chi connectivity index (χ1) is 12.4. The molecule has 5 heteroatoms. The highest BCUT2D eigenvalue weighted by molar-refractivity contribution is 6.09. The van der Waals surface area contributed by atoms with Gasteiger partial charge in [-0.2, -0.15) is 0 Å². The predicted molar refractivity (Wildman–Crippen MR) is 104 cm³/mol. The molecule has 2 fully saturated rings. The summed E-state index contributed by atoms with van der Waals surface area (Å²) in [6.45, 7) is 8.35. The molecule has 0 bridgehead atoms. The van der Waals surface area contributed by atoms with Crippen LogP contribution in [0.25, 0.3) is 0 Å². The van der Waals surface area contributed by atoms with Crippen LogP contribution in [0.3, 0.4) is 0 Å². The number of anilines is 1. The minimum absolute atomic E-state index is 0.0124. The lowest BCUT2D eigenvalue weighted by Gasteiger charge is -2.35. The van der Waals surface area contributed by atoms with Crippen molar-refractivity contribution in [2.75, 3.05) is 24.5 Å². The van der Waals surface area contributed by atoms with Crippen molar-refractivity contribution in [2.24, 2.45) is 17.6 Å². The first kappa shape index (κ1) is 18.9. The van der Waals surface area contributed by atoms with Crippen LogP contribution in [0.15, 0.2) is 24.3 Å². The molecule has 0 radical (unpaired) electrons. The van der Waals surface area contributed by atoms with Crippen molar-refractivity contribution >= 4 is 17.5 Å². The Morgan fingerprint density at radius 2 is 1.81 bits per heavy atom. The molecular weight excluding hydrogens is 326 g/mol. The van der Waals surface area contributed by atoms with Gasteiger partial charge in [0.1, 0.15) is 5.92 Å². The Hall–Kier alpha value is -1.88. The molecule has 1 aromatic rings. The zero-order chi connectivity index (χ0) is 18.8. The number of likely N-dealkylation sites (tertiary alicyclic amines) is 1. The Kier molecular flexibility index (Phi) is 5.66. The monoisotopic (exact) mass is 357 g/mol. The Balaban J connectivity index is 1.67. The lowest BCUT2D eigenvalue weighted by atomic mass is 9.91. The van der Waals surface area contributed by atoms with E-state index in [-0.39, 0.29) is 17.9 Å². The van der Waals surface area contributed by atoms with Gasteiger partial charge in [-0.3, -0.25) is 9.59 Å². The molecule has 0 spiro atoms. The molecule has 3 atom stereocenters. The van der Waals surface area contributed by atoms with Crippen LogP contribution in [0.1, 0.15) is 51.5 Å². The van der Waals surface area contributed by atoms with E-state index >= 15 is 0 Å². The number of nitrogens with two attached hydrogens (primary N) is 1. The first-order valence-corrected chi connectivity index (χ1v) is 9.84. The third-order valence-electron chi connectivity index (χ3n) is 5.89. The normalized spacial score (nSPS) is 25.0. The second-order valence-corrected chi connectivity index (χ2v) is 8.12. The lowest BCUT2D eigenvalue weighted by molar-refractivity contribution is -0.141. The highest BCUT2D eigenvalue weighted by atomic mass is 16.2. The fraction of sp³-hybridized carbons (Fsp3) is 0.619. The van der Waals surface area contributed by atoms with Crippen LogP contribution in [0, 0.1) is 11.8 Å². The average Bonchev–Trinajstić information content (AvgIpc) is 3.02. The molecule has 2 N–H and O–H groups in total. The molecule has 2 aliphatic heterocycles. The molecular formula is C21H31N3O2. The van der Waals surface area contributed by atoms with E-state index in [2.05, 4.69) is 26.0 Å². The molecule has 5 nitrogen and oxygen atoms in total.